The lowest BCUT2D eigenvalue weighted by molar-refractivity contribution is -0.522. The average molecular weight is 561 g/mol. The van der Waals surface area contributed by atoms with Crippen LogP contribution in [-0.4, -0.2) is 45.8 Å². The minimum atomic E-state index is -0.939. The van der Waals surface area contributed by atoms with Gasteiger partial charge in [0.15, 0.2) is 0 Å². The van der Waals surface area contributed by atoms with Crippen molar-refractivity contribution in [3.05, 3.63) is 0 Å². The summed E-state index contributed by atoms with van der Waals surface area (Å²) in [5, 5.41) is 0. The Morgan fingerprint density at radius 3 is 1.03 bits per heavy atom. The molecule has 4 unspecified atom stereocenters. The first-order chi connectivity index (χ1) is 17.5. The van der Waals surface area contributed by atoms with Gasteiger partial charge < -0.3 is 0 Å². The first-order valence-corrected chi connectivity index (χ1v) is 15.0. The second-order valence-electron chi connectivity index (χ2n) is 16.0. The molecule has 0 N–H and O–H groups in total. The van der Waals surface area contributed by atoms with E-state index < -0.39 is 51.2 Å². The first kappa shape index (κ1) is 34.9. The Morgan fingerprint density at radius 2 is 0.744 bits per heavy atom. The molecule has 0 aromatic rings. The van der Waals surface area contributed by atoms with Crippen LogP contribution in [0.1, 0.15) is 148 Å². The highest BCUT2D eigenvalue weighted by Gasteiger charge is 2.69. The van der Waals surface area contributed by atoms with Crippen molar-refractivity contribution >= 4 is 0 Å². The molecule has 2 aliphatic carbocycles. The predicted octanol–water partition coefficient (Wildman–Crippen LogP) is 8.36. The summed E-state index contributed by atoms with van der Waals surface area (Å²) >= 11 is 0. The summed E-state index contributed by atoms with van der Waals surface area (Å²) in [6.07, 6.45) is 5.97. The number of hydrogen-bond donors (Lipinski definition) is 0. The third-order valence-electron chi connectivity index (χ3n) is 7.39. The van der Waals surface area contributed by atoms with Gasteiger partial charge >= 0.3 is 0 Å². The van der Waals surface area contributed by atoms with Crippen LogP contribution in [0.25, 0.3) is 0 Å². The van der Waals surface area contributed by atoms with Crippen LogP contribution in [0.2, 0.25) is 0 Å². The topological polar surface area (TPSA) is 73.8 Å². The van der Waals surface area contributed by atoms with Gasteiger partial charge in [0.2, 0.25) is 0 Å². The van der Waals surface area contributed by atoms with Gasteiger partial charge in [0.05, 0.1) is 22.4 Å². The second-order valence-corrected chi connectivity index (χ2v) is 16.0. The first-order valence-electron chi connectivity index (χ1n) is 15.0. The van der Waals surface area contributed by atoms with Crippen LogP contribution >= 0.6 is 0 Å². The zero-order valence-corrected chi connectivity index (χ0v) is 27.6. The van der Waals surface area contributed by atoms with Crippen LogP contribution < -0.4 is 0 Å². The highest BCUT2D eigenvalue weighted by Crippen LogP contribution is 2.58. The molecule has 0 aromatic carbocycles. The number of rotatable bonds is 10. The zero-order chi connectivity index (χ0) is 30.0. The Bertz CT molecular complexity index is 693. The van der Waals surface area contributed by atoms with Crippen molar-refractivity contribution in [3.63, 3.8) is 0 Å². The molecule has 2 saturated carbocycles. The highest BCUT2D eigenvalue weighted by molar-refractivity contribution is 5.14. The van der Waals surface area contributed by atoms with Gasteiger partial charge in [-0.25, -0.2) is 39.1 Å². The monoisotopic (exact) mass is 560 g/mol. The standard InChI is InChI=1S/C31H60O8/c1-25(2,3)34-32-23-19-15-17-21-30(23,38-36-27(7,8)9)29(13,14)31(39-37-28(10,11)12)22-18-16-20-24(31)33-35-26(4,5)6/h23-24H,15-22H2,1-14H3. The van der Waals surface area contributed by atoms with E-state index in [1.807, 2.05) is 83.1 Å². The summed E-state index contributed by atoms with van der Waals surface area (Å²) in [4.78, 5) is 50.0. The largest absolute Gasteiger partial charge is 0.231 e. The van der Waals surface area contributed by atoms with Gasteiger partial charge in [-0.1, -0.05) is 39.5 Å². The summed E-state index contributed by atoms with van der Waals surface area (Å²) in [7, 11) is 0. The summed E-state index contributed by atoms with van der Waals surface area (Å²) in [6, 6.07) is 0. The van der Waals surface area contributed by atoms with Crippen molar-refractivity contribution in [1.29, 1.82) is 0 Å². The maximum atomic E-state index is 6.64. The van der Waals surface area contributed by atoms with Gasteiger partial charge in [-0.3, -0.25) is 0 Å². The lowest BCUT2D eigenvalue weighted by Gasteiger charge is -2.60. The van der Waals surface area contributed by atoms with Crippen molar-refractivity contribution in [2.24, 2.45) is 5.41 Å². The van der Waals surface area contributed by atoms with E-state index in [1.54, 1.807) is 0 Å². The normalized spacial score (nSPS) is 30.0. The van der Waals surface area contributed by atoms with Crippen LogP contribution in [0.15, 0.2) is 0 Å². The fourth-order valence-corrected chi connectivity index (χ4v) is 5.47. The molecule has 0 saturated heterocycles. The van der Waals surface area contributed by atoms with E-state index >= 15 is 0 Å². The van der Waals surface area contributed by atoms with Crippen molar-refractivity contribution < 1.29 is 39.1 Å². The fourth-order valence-electron chi connectivity index (χ4n) is 5.47. The fraction of sp³-hybridized carbons (Fsp3) is 1.00. The van der Waals surface area contributed by atoms with E-state index in [1.165, 1.54) is 0 Å². The molecule has 2 aliphatic rings. The van der Waals surface area contributed by atoms with Crippen molar-refractivity contribution in [2.45, 2.75) is 194 Å². The van der Waals surface area contributed by atoms with Crippen molar-refractivity contribution in [3.8, 4) is 0 Å². The summed E-state index contributed by atoms with van der Waals surface area (Å²) in [5.74, 6) is 0. The zero-order valence-electron chi connectivity index (χ0n) is 27.6. The van der Waals surface area contributed by atoms with Crippen molar-refractivity contribution in [1.82, 2.24) is 0 Å². The van der Waals surface area contributed by atoms with Gasteiger partial charge in [-0.05, 0) is 109 Å². The molecule has 4 atom stereocenters. The van der Waals surface area contributed by atoms with E-state index in [9.17, 15) is 0 Å². The maximum absolute atomic E-state index is 6.64. The predicted molar refractivity (Wildman–Crippen MR) is 151 cm³/mol. The van der Waals surface area contributed by atoms with Gasteiger partial charge in [-0.2, -0.15) is 0 Å². The lowest BCUT2D eigenvalue weighted by atomic mass is 9.54. The Hall–Kier alpha value is -0.320. The lowest BCUT2D eigenvalue weighted by Crippen LogP contribution is -2.71. The Kier molecular flexibility index (Phi) is 11.2. The van der Waals surface area contributed by atoms with E-state index in [4.69, 9.17) is 39.1 Å². The molecule has 232 valence electrons. The van der Waals surface area contributed by atoms with Gasteiger partial charge in [-0.15, -0.1) is 0 Å². The highest BCUT2D eigenvalue weighted by atomic mass is 17.2. The molecule has 0 amide bonds. The molecule has 8 heteroatoms. The molecule has 0 aromatic heterocycles. The van der Waals surface area contributed by atoms with E-state index in [-0.39, 0.29) is 0 Å². The maximum Gasteiger partial charge on any atom is 0.141 e. The molecule has 0 heterocycles. The molecule has 0 radical (unpaired) electrons. The molecule has 0 spiro atoms. The number of hydrogen-bond acceptors (Lipinski definition) is 8. The molecule has 2 fully saturated rings. The van der Waals surface area contributed by atoms with Crippen LogP contribution in [0, 0.1) is 5.41 Å². The third kappa shape index (κ3) is 9.34. The summed E-state index contributed by atoms with van der Waals surface area (Å²) < 4.78 is 0. The molecule has 8 nitrogen and oxygen atoms in total. The Morgan fingerprint density at radius 1 is 0.436 bits per heavy atom. The molecule has 2 rings (SSSR count). The van der Waals surface area contributed by atoms with Gasteiger partial charge in [0.1, 0.15) is 23.4 Å². The molecule has 0 bridgehead atoms. The Balaban J connectivity index is 2.69. The van der Waals surface area contributed by atoms with Crippen LogP contribution in [0.4, 0.5) is 0 Å². The van der Waals surface area contributed by atoms with Gasteiger partial charge in [0, 0.05) is 5.41 Å². The smallest absolute Gasteiger partial charge is 0.141 e. The molecular formula is C31H60O8. The van der Waals surface area contributed by atoms with Crippen molar-refractivity contribution in [2.75, 3.05) is 0 Å². The van der Waals surface area contributed by atoms with E-state index in [2.05, 4.69) is 13.8 Å². The van der Waals surface area contributed by atoms with Crippen LogP contribution in [0.3, 0.4) is 0 Å². The SMILES string of the molecule is CC(C)(C)OOC1CCCCC1(OOC(C)(C)C)C(C)(C)C1(OOC(C)(C)C)CCCCC1OOC(C)(C)C. The molecular weight excluding hydrogens is 500 g/mol. The van der Waals surface area contributed by atoms with Crippen LogP contribution in [-0.2, 0) is 39.1 Å². The second kappa shape index (κ2) is 12.5. The molecule has 39 heavy (non-hydrogen) atoms. The summed E-state index contributed by atoms with van der Waals surface area (Å²) in [6.45, 7) is 28.1. The quantitative estimate of drug-likeness (QED) is 0.195. The van der Waals surface area contributed by atoms with Gasteiger partial charge in [0.25, 0.3) is 0 Å². The Labute approximate surface area is 238 Å². The average Bonchev–Trinajstić information content (AvgIpc) is 2.77. The minimum Gasteiger partial charge on any atom is -0.231 e. The van der Waals surface area contributed by atoms with Crippen LogP contribution in [0.5, 0.6) is 0 Å². The third-order valence-corrected chi connectivity index (χ3v) is 7.39. The molecule has 0 aliphatic heterocycles. The van der Waals surface area contributed by atoms with E-state index in [0.29, 0.717) is 12.8 Å². The minimum absolute atomic E-state index is 0.413. The van der Waals surface area contributed by atoms with E-state index in [0.717, 1.165) is 38.5 Å². The summed E-state index contributed by atoms with van der Waals surface area (Å²) in [5.41, 5.74) is -4.67.